The van der Waals surface area contributed by atoms with Crippen LogP contribution in [0.25, 0.3) is 0 Å². The van der Waals surface area contributed by atoms with E-state index in [0.29, 0.717) is 13.2 Å². The van der Waals surface area contributed by atoms with Crippen molar-refractivity contribution >= 4 is 23.2 Å². The largest absolute Gasteiger partial charge is 0.491 e. The number of carbonyl (C=O) groups is 2. The van der Waals surface area contributed by atoms with Gasteiger partial charge in [-0.25, -0.2) is 0 Å². The van der Waals surface area contributed by atoms with Crippen LogP contribution in [0.5, 0.6) is 5.75 Å². The number of ether oxygens (including phenoxy) is 1. The van der Waals surface area contributed by atoms with E-state index in [2.05, 4.69) is 24.4 Å². The van der Waals surface area contributed by atoms with Gasteiger partial charge in [0.15, 0.2) is 0 Å². The molecule has 1 aliphatic carbocycles. The number of aryl methyl sites for hydroxylation is 2. The minimum atomic E-state index is -0.119. The number of hydrogen-bond donors (Lipinski definition) is 0. The van der Waals surface area contributed by atoms with Crippen molar-refractivity contribution in [2.75, 3.05) is 19.7 Å². The number of amides is 2. The van der Waals surface area contributed by atoms with Crippen molar-refractivity contribution in [1.29, 1.82) is 0 Å². The van der Waals surface area contributed by atoms with Crippen molar-refractivity contribution < 1.29 is 14.3 Å². The Morgan fingerprint density at radius 2 is 2.03 bits per heavy atom. The Kier molecular flexibility index (Phi) is 5.63. The molecule has 1 unspecified atom stereocenters. The van der Waals surface area contributed by atoms with Gasteiger partial charge in [0.05, 0.1) is 6.04 Å². The monoisotopic (exact) mass is 412 g/mol. The maximum Gasteiger partial charge on any atom is 0.242 e. The molecule has 6 heteroatoms. The maximum absolute atomic E-state index is 13.2. The van der Waals surface area contributed by atoms with Gasteiger partial charge in [-0.15, -0.1) is 11.3 Å². The van der Waals surface area contributed by atoms with E-state index < -0.39 is 0 Å². The van der Waals surface area contributed by atoms with Crippen LogP contribution in [0.1, 0.15) is 47.4 Å². The molecule has 4 rings (SSSR count). The second-order valence-corrected chi connectivity index (χ2v) is 9.11. The van der Waals surface area contributed by atoms with Crippen LogP contribution >= 0.6 is 11.3 Å². The fourth-order valence-corrected chi connectivity index (χ4v) is 5.05. The second kappa shape index (κ2) is 8.19. The SMILES string of the molecule is CC(=O)N(CC(=O)N1CCc2sccc2C1COc1ccc(C)cc1C)C1CC1. The fraction of sp³-hybridized carbons (Fsp3) is 0.478. The first-order valence-electron chi connectivity index (χ1n) is 10.3. The van der Waals surface area contributed by atoms with Gasteiger partial charge >= 0.3 is 0 Å². The van der Waals surface area contributed by atoms with Crippen molar-refractivity contribution in [3.63, 3.8) is 0 Å². The van der Waals surface area contributed by atoms with Gasteiger partial charge in [0.2, 0.25) is 11.8 Å². The Hall–Kier alpha value is -2.34. The molecule has 0 N–H and O–H groups in total. The highest BCUT2D eigenvalue weighted by Gasteiger charge is 2.37. The highest BCUT2D eigenvalue weighted by molar-refractivity contribution is 7.10. The zero-order chi connectivity index (χ0) is 20.5. The van der Waals surface area contributed by atoms with Crippen molar-refractivity contribution in [2.45, 2.75) is 52.1 Å². The van der Waals surface area contributed by atoms with Crippen LogP contribution in [-0.4, -0.2) is 47.4 Å². The first-order valence-corrected chi connectivity index (χ1v) is 11.1. The third-order valence-corrected chi connectivity index (χ3v) is 6.84. The summed E-state index contributed by atoms with van der Waals surface area (Å²) in [5, 5.41) is 2.09. The third kappa shape index (κ3) is 4.32. The minimum absolute atomic E-state index is 0.0122. The molecule has 1 saturated carbocycles. The molecule has 5 nitrogen and oxygen atoms in total. The van der Waals surface area contributed by atoms with Gasteiger partial charge in [0.1, 0.15) is 18.9 Å². The lowest BCUT2D eigenvalue weighted by Crippen LogP contribution is -2.48. The van der Waals surface area contributed by atoms with Gasteiger partial charge in [0, 0.05) is 24.4 Å². The highest BCUT2D eigenvalue weighted by atomic mass is 32.1. The Balaban J connectivity index is 1.52. The Bertz CT molecular complexity index is 919. The summed E-state index contributed by atoms with van der Waals surface area (Å²) in [6.45, 7) is 6.92. The molecule has 0 bridgehead atoms. The predicted octanol–water partition coefficient (Wildman–Crippen LogP) is 3.88. The summed E-state index contributed by atoms with van der Waals surface area (Å²) in [7, 11) is 0. The first-order chi connectivity index (χ1) is 13.9. The molecule has 0 saturated heterocycles. The number of rotatable bonds is 6. The van der Waals surface area contributed by atoms with E-state index in [-0.39, 0.29) is 30.4 Å². The average molecular weight is 413 g/mol. The number of benzene rings is 1. The first kappa shape index (κ1) is 20.0. The normalized spacial score (nSPS) is 18.3. The van der Waals surface area contributed by atoms with E-state index in [1.54, 1.807) is 23.2 Å². The summed E-state index contributed by atoms with van der Waals surface area (Å²) < 4.78 is 6.18. The van der Waals surface area contributed by atoms with Crippen LogP contribution in [-0.2, 0) is 16.0 Å². The molecule has 2 amide bonds. The predicted molar refractivity (Wildman–Crippen MR) is 114 cm³/mol. The van der Waals surface area contributed by atoms with E-state index in [1.807, 2.05) is 24.0 Å². The van der Waals surface area contributed by atoms with Crippen LogP contribution in [0.2, 0.25) is 0 Å². The lowest BCUT2D eigenvalue weighted by molar-refractivity contribution is -0.142. The number of carbonyl (C=O) groups excluding carboxylic acids is 2. The van der Waals surface area contributed by atoms with E-state index >= 15 is 0 Å². The molecule has 1 aromatic carbocycles. The van der Waals surface area contributed by atoms with Gasteiger partial charge in [-0.05, 0) is 61.7 Å². The third-order valence-electron chi connectivity index (χ3n) is 5.84. The second-order valence-electron chi connectivity index (χ2n) is 8.11. The van der Waals surface area contributed by atoms with Crippen LogP contribution in [0.3, 0.4) is 0 Å². The number of thiophene rings is 1. The van der Waals surface area contributed by atoms with Crippen LogP contribution in [0.15, 0.2) is 29.6 Å². The lowest BCUT2D eigenvalue weighted by atomic mass is 10.00. The van der Waals surface area contributed by atoms with Crippen LogP contribution in [0.4, 0.5) is 0 Å². The zero-order valence-electron chi connectivity index (χ0n) is 17.3. The van der Waals surface area contributed by atoms with Crippen molar-refractivity contribution in [2.24, 2.45) is 0 Å². The molecular formula is C23H28N2O3S. The maximum atomic E-state index is 13.2. The summed E-state index contributed by atoms with van der Waals surface area (Å²) in [5.41, 5.74) is 3.48. The zero-order valence-corrected chi connectivity index (χ0v) is 18.1. The summed E-state index contributed by atoms with van der Waals surface area (Å²) >= 11 is 1.75. The quantitative estimate of drug-likeness (QED) is 0.723. The molecular weight excluding hydrogens is 384 g/mol. The van der Waals surface area contributed by atoms with E-state index in [4.69, 9.17) is 4.74 Å². The summed E-state index contributed by atoms with van der Waals surface area (Å²) in [6.07, 6.45) is 2.86. The molecule has 0 radical (unpaired) electrons. The number of nitrogens with zero attached hydrogens (tertiary/aromatic N) is 2. The number of fused-ring (bicyclic) bond motifs is 1. The highest BCUT2D eigenvalue weighted by Crippen LogP contribution is 2.35. The van der Waals surface area contributed by atoms with Crippen molar-refractivity contribution in [3.05, 3.63) is 51.2 Å². The van der Waals surface area contributed by atoms with E-state index in [9.17, 15) is 9.59 Å². The molecule has 1 fully saturated rings. The van der Waals surface area contributed by atoms with Crippen LogP contribution in [0, 0.1) is 13.8 Å². The summed E-state index contributed by atoms with van der Waals surface area (Å²) in [4.78, 5) is 30.2. The van der Waals surface area contributed by atoms with Crippen LogP contribution < -0.4 is 4.74 Å². The number of hydrogen-bond acceptors (Lipinski definition) is 4. The smallest absolute Gasteiger partial charge is 0.242 e. The molecule has 2 heterocycles. The Morgan fingerprint density at radius 3 is 2.72 bits per heavy atom. The summed E-state index contributed by atoms with van der Waals surface area (Å²) in [5.74, 6) is 0.851. The van der Waals surface area contributed by atoms with Gasteiger partial charge in [-0.1, -0.05) is 17.7 Å². The van der Waals surface area contributed by atoms with Crippen molar-refractivity contribution in [1.82, 2.24) is 9.80 Å². The molecule has 2 aromatic rings. The lowest BCUT2D eigenvalue weighted by Gasteiger charge is -2.37. The summed E-state index contributed by atoms with van der Waals surface area (Å²) in [6, 6.07) is 8.38. The molecule has 29 heavy (non-hydrogen) atoms. The van der Waals surface area contributed by atoms with E-state index in [1.165, 1.54) is 16.0 Å². The van der Waals surface area contributed by atoms with Crippen molar-refractivity contribution in [3.8, 4) is 5.75 Å². The molecule has 0 spiro atoms. The molecule has 1 aliphatic heterocycles. The topological polar surface area (TPSA) is 49.9 Å². The van der Waals surface area contributed by atoms with E-state index in [0.717, 1.165) is 30.6 Å². The Morgan fingerprint density at radius 1 is 1.24 bits per heavy atom. The van der Waals surface area contributed by atoms with Gasteiger partial charge < -0.3 is 14.5 Å². The minimum Gasteiger partial charge on any atom is -0.491 e. The fourth-order valence-electron chi connectivity index (χ4n) is 4.12. The molecule has 154 valence electrons. The molecule has 1 atom stereocenters. The van der Waals surface area contributed by atoms with Gasteiger partial charge in [0.25, 0.3) is 0 Å². The molecule has 2 aliphatic rings. The average Bonchev–Trinajstić information content (AvgIpc) is 3.40. The van der Waals surface area contributed by atoms with Gasteiger partial charge in [-0.2, -0.15) is 0 Å². The molecule has 1 aromatic heterocycles. The van der Waals surface area contributed by atoms with Gasteiger partial charge in [-0.3, -0.25) is 9.59 Å². The standard InChI is InChI=1S/C23H28N2O3S/c1-15-4-7-21(16(2)12-15)28-14-20-19-9-11-29-22(19)8-10-24(20)23(27)13-25(17(3)26)18-5-6-18/h4,7,9,11-12,18,20H,5-6,8,10,13-14H2,1-3H3. The Labute approximate surface area is 176 Å².